The molecule has 9 heteroatoms. The van der Waals surface area contributed by atoms with Gasteiger partial charge in [0.2, 0.25) is 0 Å². The smallest absolute Gasteiger partial charge is 0.258 e. The number of methoxy groups -OCH3 is 1. The highest BCUT2D eigenvalue weighted by Crippen LogP contribution is 2.38. The Morgan fingerprint density at radius 3 is 2.58 bits per heavy atom. The summed E-state index contributed by atoms with van der Waals surface area (Å²) in [6.45, 7) is 2.44. The number of sulfone groups is 1. The number of piperidine rings is 1. The molecule has 0 radical (unpaired) electrons. The van der Waals surface area contributed by atoms with Gasteiger partial charge in [-0.3, -0.25) is 4.79 Å². The quantitative estimate of drug-likeness (QED) is 0.556. The van der Waals surface area contributed by atoms with E-state index in [0.29, 0.717) is 13.1 Å². The molecule has 2 aromatic rings. The highest BCUT2D eigenvalue weighted by molar-refractivity contribution is 7.97. The minimum atomic E-state index is -3.30. The van der Waals surface area contributed by atoms with E-state index in [1.165, 1.54) is 6.08 Å². The van der Waals surface area contributed by atoms with Gasteiger partial charge in [-0.15, -0.1) is 0 Å². The molecule has 33 heavy (non-hydrogen) atoms. The fourth-order valence-electron chi connectivity index (χ4n) is 3.52. The molecule has 0 bridgehead atoms. The molecule has 6 nitrogen and oxygen atoms in total. The average Bonchev–Trinajstić information content (AvgIpc) is 2.79. The maximum atomic E-state index is 15.3. The number of rotatable bonds is 8. The van der Waals surface area contributed by atoms with Gasteiger partial charge in [-0.25, -0.2) is 17.1 Å². The molecule has 0 aliphatic carbocycles. The molecule has 3 rings (SSSR count). The first-order chi connectivity index (χ1) is 15.6. The lowest BCUT2D eigenvalue weighted by Crippen LogP contribution is -2.51. The topological polar surface area (TPSA) is 75.7 Å². The number of carbonyl (C=O) groups is 1. The molecule has 1 heterocycles. The second-order valence-corrected chi connectivity index (χ2v) is 11.2. The van der Waals surface area contributed by atoms with Crippen molar-refractivity contribution in [1.82, 2.24) is 9.62 Å². The van der Waals surface area contributed by atoms with Crippen LogP contribution in [0.5, 0.6) is 5.75 Å². The Morgan fingerprint density at radius 1 is 1.21 bits per heavy atom. The van der Waals surface area contributed by atoms with Crippen LogP contribution < -0.4 is 10.1 Å². The molecular formula is C24H29FN2O4S2. The van der Waals surface area contributed by atoms with Crippen molar-refractivity contribution < 1.29 is 22.3 Å². The third kappa shape index (κ3) is 7.06. The number of nitrogens with zero attached hydrogens (tertiary/aromatic N) is 1. The fourth-order valence-corrected chi connectivity index (χ4v) is 5.11. The molecule has 1 atom stereocenters. The molecular weight excluding hydrogens is 463 g/mol. The molecule has 1 amide bonds. The summed E-state index contributed by atoms with van der Waals surface area (Å²) < 4.78 is 45.2. The van der Waals surface area contributed by atoms with Gasteiger partial charge >= 0.3 is 0 Å². The van der Waals surface area contributed by atoms with Crippen molar-refractivity contribution in [2.24, 2.45) is 0 Å². The number of hydrogen-bond acceptors (Lipinski definition) is 6. The van der Waals surface area contributed by atoms with Crippen molar-refractivity contribution in [3.05, 3.63) is 60.0 Å². The second kappa shape index (κ2) is 10.7. The van der Waals surface area contributed by atoms with E-state index in [1.807, 2.05) is 48.5 Å². The average molecular weight is 493 g/mol. The molecule has 0 aromatic heterocycles. The van der Waals surface area contributed by atoms with E-state index in [-0.39, 0.29) is 12.8 Å². The van der Waals surface area contributed by atoms with Gasteiger partial charge in [0, 0.05) is 48.5 Å². The number of benzene rings is 2. The molecule has 0 saturated carbocycles. The van der Waals surface area contributed by atoms with E-state index in [4.69, 9.17) is 4.74 Å². The summed E-state index contributed by atoms with van der Waals surface area (Å²) in [5.74, 6) is 0.0775. The van der Waals surface area contributed by atoms with Crippen LogP contribution in [0.4, 0.5) is 4.39 Å². The van der Waals surface area contributed by atoms with E-state index in [9.17, 15) is 13.2 Å². The van der Waals surface area contributed by atoms with E-state index in [0.717, 1.165) is 33.4 Å². The van der Waals surface area contributed by atoms with Crippen LogP contribution in [0.3, 0.4) is 0 Å². The SMILES string of the molecule is COc1cccc(-c2ccccc2SN2CCC(F)(C(=O)NC(C)/C=C\S(C)(=O)=O)CC2)c1. The monoisotopic (exact) mass is 492 g/mol. The Labute approximate surface area is 199 Å². The minimum absolute atomic E-state index is 0.0651. The zero-order valence-corrected chi connectivity index (χ0v) is 20.6. The van der Waals surface area contributed by atoms with Gasteiger partial charge < -0.3 is 10.1 Å². The lowest BCUT2D eigenvalue weighted by molar-refractivity contribution is -0.135. The van der Waals surface area contributed by atoms with E-state index in [2.05, 4.69) is 9.62 Å². The first kappa shape index (κ1) is 25.3. The Kier molecular flexibility index (Phi) is 8.20. The molecule has 1 fully saturated rings. The van der Waals surface area contributed by atoms with Crippen LogP contribution in [0, 0.1) is 0 Å². The third-order valence-corrected chi connectivity index (χ3v) is 7.22. The number of carbonyl (C=O) groups excluding carboxylic acids is 1. The van der Waals surface area contributed by atoms with Crippen molar-refractivity contribution in [2.45, 2.75) is 36.4 Å². The number of nitrogens with one attached hydrogen (secondary N) is 1. The Bertz CT molecular complexity index is 1110. The summed E-state index contributed by atoms with van der Waals surface area (Å²) in [6, 6.07) is 15.3. The molecule has 1 unspecified atom stereocenters. The van der Waals surface area contributed by atoms with Crippen LogP contribution in [0.1, 0.15) is 19.8 Å². The van der Waals surface area contributed by atoms with Gasteiger partial charge in [0.25, 0.3) is 5.91 Å². The summed E-state index contributed by atoms with van der Waals surface area (Å²) in [7, 11) is -1.67. The summed E-state index contributed by atoms with van der Waals surface area (Å²) in [5.41, 5.74) is 0.115. The lowest BCUT2D eigenvalue weighted by Gasteiger charge is -2.35. The lowest BCUT2D eigenvalue weighted by atomic mass is 9.93. The Morgan fingerprint density at radius 2 is 1.91 bits per heavy atom. The van der Waals surface area contributed by atoms with E-state index in [1.54, 1.807) is 26.0 Å². The van der Waals surface area contributed by atoms with Crippen molar-refractivity contribution in [3.8, 4) is 16.9 Å². The van der Waals surface area contributed by atoms with Gasteiger partial charge in [0.05, 0.1) is 7.11 Å². The highest BCUT2D eigenvalue weighted by atomic mass is 32.2. The van der Waals surface area contributed by atoms with Crippen LogP contribution in [0.25, 0.3) is 11.1 Å². The summed E-state index contributed by atoms with van der Waals surface area (Å²) in [4.78, 5) is 13.6. The predicted octanol–water partition coefficient (Wildman–Crippen LogP) is 4.24. The van der Waals surface area contributed by atoms with Crippen LogP contribution in [0.2, 0.25) is 0 Å². The zero-order valence-electron chi connectivity index (χ0n) is 19.0. The maximum Gasteiger partial charge on any atom is 0.258 e. The largest absolute Gasteiger partial charge is 0.497 e. The van der Waals surface area contributed by atoms with Crippen molar-refractivity contribution in [1.29, 1.82) is 0 Å². The molecule has 1 aliphatic rings. The molecule has 1 saturated heterocycles. The molecule has 0 spiro atoms. The van der Waals surface area contributed by atoms with Crippen LogP contribution >= 0.6 is 11.9 Å². The Balaban J connectivity index is 1.63. The molecule has 1 aliphatic heterocycles. The number of ether oxygens (including phenoxy) is 1. The number of hydrogen-bond donors (Lipinski definition) is 1. The molecule has 178 valence electrons. The van der Waals surface area contributed by atoms with Gasteiger partial charge in [-0.05, 0) is 48.2 Å². The minimum Gasteiger partial charge on any atom is -0.497 e. The summed E-state index contributed by atoms with van der Waals surface area (Å²) >= 11 is 1.55. The molecule has 1 N–H and O–H groups in total. The maximum absolute atomic E-state index is 15.3. The highest BCUT2D eigenvalue weighted by Gasteiger charge is 2.42. The first-order valence-electron chi connectivity index (χ1n) is 10.6. The van der Waals surface area contributed by atoms with Crippen LogP contribution in [0.15, 0.2) is 64.9 Å². The van der Waals surface area contributed by atoms with Gasteiger partial charge in [-0.1, -0.05) is 36.4 Å². The molecule has 2 aromatic carbocycles. The van der Waals surface area contributed by atoms with Crippen LogP contribution in [-0.4, -0.2) is 56.8 Å². The fraction of sp³-hybridized carbons (Fsp3) is 0.375. The number of alkyl halides is 1. The number of halogens is 1. The third-order valence-electron chi connectivity index (χ3n) is 5.39. The standard InChI is InChI=1S/C24H29FN2O4S2/c1-18(11-16-33(3,29)30)26-23(28)24(25)12-14-27(15-13-24)32-22-10-5-4-9-21(22)19-7-6-8-20(17-19)31-2/h4-11,16-18H,12-15H2,1-3H3,(H,26,28)/b16-11-. The summed E-state index contributed by atoms with van der Waals surface area (Å²) in [5, 5.41) is 3.58. The second-order valence-electron chi connectivity index (χ2n) is 8.13. The normalized spacial score (nSPS) is 17.6. The van der Waals surface area contributed by atoms with Gasteiger partial charge in [0.15, 0.2) is 15.5 Å². The first-order valence-corrected chi connectivity index (χ1v) is 13.4. The zero-order chi connectivity index (χ0) is 24.1. The van der Waals surface area contributed by atoms with E-state index >= 15 is 4.39 Å². The number of amides is 1. The van der Waals surface area contributed by atoms with Gasteiger partial charge in [0.1, 0.15) is 5.75 Å². The van der Waals surface area contributed by atoms with Crippen molar-refractivity contribution >= 4 is 27.7 Å². The van der Waals surface area contributed by atoms with Crippen LogP contribution in [-0.2, 0) is 14.6 Å². The van der Waals surface area contributed by atoms with Crippen molar-refractivity contribution in [3.63, 3.8) is 0 Å². The summed E-state index contributed by atoms with van der Waals surface area (Å²) in [6.07, 6.45) is 2.54. The van der Waals surface area contributed by atoms with E-state index < -0.39 is 27.5 Å². The van der Waals surface area contributed by atoms with Gasteiger partial charge in [-0.2, -0.15) is 0 Å². The predicted molar refractivity (Wildman–Crippen MR) is 131 cm³/mol. The Hall–Kier alpha value is -2.36. The van der Waals surface area contributed by atoms with Crippen molar-refractivity contribution in [2.75, 3.05) is 26.5 Å².